The first-order valence-electron chi connectivity index (χ1n) is 4.87. The van der Waals surface area contributed by atoms with E-state index in [0.717, 1.165) is 13.2 Å². The molecule has 0 N–H and O–H groups in total. The lowest BCUT2D eigenvalue weighted by Gasteiger charge is -2.03. The van der Waals surface area contributed by atoms with Crippen molar-refractivity contribution in [3.8, 4) is 0 Å². The molecule has 0 aromatic rings. The lowest BCUT2D eigenvalue weighted by atomic mass is 10.2. The minimum atomic E-state index is 0.450. The molecule has 2 heteroatoms. The van der Waals surface area contributed by atoms with E-state index in [2.05, 4.69) is 37.0 Å². The molecule has 72 valence electrons. The summed E-state index contributed by atoms with van der Waals surface area (Å²) in [5, 5.41) is 0. The lowest BCUT2D eigenvalue weighted by molar-refractivity contribution is -0.532. The molecule has 1 fully saturated rings. The summed E-state index contributed by atoms with van der Waals surface area (Å²) in [6.07, 6.45) is 0. The zero-order chi connectivity index (χ0) is 9.78. The number of hydrogen-bond donors (Lipinski definition) is 0. The van der Waals surface area contributed by atoms with Gasteiger partial charge < -0.3 is 0 Å². The molecule has 1 atom stereocenters. The Morgan fingerprint density at radius 2 is 1.83 bits per heavy atom. The van der Waals surface area contributed by atoms with Gasteiger partial charge in [-0.2, -0.15) is 0 Å². The molecule has 1 saturated heterocycles. The molecule has 0 spiro atoms. The first kappa shape index (κ1) is 11.6. The fraction of sp³-hybridized carbons (Fsp3) is 0.900. The summed E-state index contributed by atoms with van der Waals surface area (Å²) >= 11 is 0. The van der Waals surface area contributed by atoms with Crippen molar-refractivity contribution in [2.75, 3.05) is 19.8 Å². The molecule has 2 nitrogen and oxygen atoms in total. The van der Waals surface area contributed by atoms with E-state index in [1.54, 1.807) is 0 Å². The monoisotopic (exact) mass is 171 g/mol. The van der Waals surface area contributed by atoms with Gasteiger partial charge in [0.25, 0.3) is 0 Å². The van der Waals surface area contributed by atoms with E-state index in [1.807, 2.05) is 13.8 Å². The van der Waals surface area contributed by atoms with Gasteiger partial charge >= 0.3 is 0 Å². The van der Waals surface area contributed by atoms with E-state index in [9.17, 15) is 0 Å². The smallest absolute Gasteiger partial charge is 0.199 e. The molecule has 0 radical (unpaired) electrons. The van der Waals surface area contributed by atoms with Crippen LogP contribution in [0.5, 0.6) is 0 Å². The maximum Gasteiger partial charge on any atom is 0.199 e. The summed E-state index contributed by atoms with van der Waals surface area (Å²) in [6, 6.07) is 0. The fourth-order valence-corrected chi connectivity index (χ4v) is 1.01. The van der Waals surface area contributed by atoms with E-state index in [0.29, 0.717) is 5.54 Å². The molecule has 0 aromatic heterocycles. The highest BCUT2D eigenvalue weighted by Gasteiger charge is 2.44. The molecule has 1 aliphatic rings. The Labute approximate surface area is 76.9 Å². The van der Waals surface area contributed by atoms with Crippen molar-refractivity contribution in [3.63, 3.8) is 0 Å². The summed E-state index contributed by atoms with van der Waals surface area (Å²) < 4.78 is 2.08. The van der Waals surface area contributed by atoms with Crippen LogP contribution in [0.15, 0.2) is 0 Å². The predicted molar refractivity (Wildman–Crippen MR) is 54.9 cm³/mol. The summed E-state index contributed by atoms with van der Waals surface area (Å²) in [4.78, 5) is 2.41. The van der Waals surface area contributed by atoms with Crippen LogP contribution in [0, 0.1) is 0 Å². The molecule has 12 heavy (non-hydrogen) atoms. The summed E-state index contributed by atoms with van der Waals surface area (Å²) in [6.45, 7) is 17.8. The molecule has 1 heterocycles. The van der Waals surface area contributed by atoms with Gasteiger partial charge in [0.1, 0.15) is 13.3 Å². The summed E-state index contributed by atoms with van der Waals surface area (Å²) in [7, 11) is 0. The average Bonchev–Trinajstić information content (AvgIpc) is 2.62. The van der Waals surface area contributed by atoms with Crippen molar-refractivity contribution in [2.45, 2.75) is 40.2 Å². The Hall–Kier alpha value is -0.370. The molecule has 0 amide bonds. The quantitative estimate of drug-likeness (QED) is 0.356. The second-order valence-electron chi connectivity index (χ2n) is 3.64. The van der Waals surface area contributed by atoms with Crippen LogP contribution in [-0.4, -0.2) is 41.5 Å². The third-order valence-corrected chi connectivity index (χ3v) is 2.15. The second kappa shape index (κ2) is 4.61. The molecule has 1 rings (SSSR count). The largest absolute Gasteiger partial charge is 0.240 e. The van der Waals surface area contributed by atoms with Crippen molar-refractivity contribution in [1.29, 1.82) is 0 Å². The van der Waals surface area contributed by atoms with Gasteiger partial charge in [-0.15, -0.1) is 0 Å². The van der Waals surface area contributed by atoms with Gasteiger partial charge in [-0.1, -0.05) is 13.8 Å². The molecular weight excluding hydrogens is 148 g/mol. The van der Waals surface area contributed by atoms with E-state index in [1.165, 1.54) is 6.54 Å². The standard InChI is InChI=1S/C8H17N2.C2H6/c1-5-9(4)7-10-6-8(10,2)3;1-2/h4-7H2,1-3H3;1-2H3/q+1;. The normalized spacial score (nSPS) is 23.9. The second-order valence-corrected chi connectivity index (χ2v) is 3.64. The van der Waals surface area contributed by atoms with E-state index >= 15 is 0 Å². The third-order valence-electron chi connectivity index (χ3n) is 2.15. The van der Waals surface area contributed by atoms with E-state index in [4.69, 9.17) is 0 Å². The molecule has 1 aliphatic heterocycles. The molecule has 1 unspecified atom stereocenters. The van der Waals surface area contributed by atoms with Gasteiger partial charge in [0.2, 0.25) is 0 Å². The highest BCUT2D eigenvalue weighted by molar-refractivity contribution is 5.14. The minimum absolute atomic E-state index is 0.450. The van der Waals surface area contributed by atoms with Gasteiger partial charge in [0, 0.05) is 12.1 Å². The zero-order valence-electron chi connectivity index (χ0n) is 9.22. The van der Waals surface area contributed by atoms with Crippen molar-refractivity contribution in [1.82, 2.24) is 4.90 Å². The average molecular weight is 171 g/mol. The maximum absolute atomic E-state index is 3.89. The van der Waals surface area contributed by atoms with Crippen LogP contribution in [0.2, 0.25) is 0 Å². The van der Waals surface area contributed by atoms with Gasteiger partial charge in [-0.3, -0.25) is 0 Å². The van der Waals surface area contributed by atoms with Crippen LogP contribution in [-0.2, 0) is 0 Å². The van der Waals surface area contributed by atoms with E-state index < -0.39 is 0 Å². The van der Waals surface area contributed by atoms with Gasteiger partial charge in [0.05, 0.1) is 0 Å². The Kier molecular flexibility index (Phi) is 4.46. The topological polar surface area (TPSA) is 6.02 Å². The fourth-order valence-electron chi connectivity index (χ4n) is 1.01. The highest BCUT2D eigenvalue weighted by Crippen LogP contribution is 2.29. The van der Waals surface area contributed by atoms with Crippen LogP contribution in [0.3, 0.4) is 0 Å². The maximum atomic E-state index is 3.89. The van der Waals surface area contributed by atoms with Crippen molar-refractivity contribution in [2.24, 2.45) is 0 Å². The van der Waals surface area contributed by atoms with Gasteiger partial charge in [-0.25, -0.2) is 9.48 Å². The Morgan fingerprint density at radius 1 is 1.42 bits per heavy atom. The summed E-state index contributed by atoms with van der Waals surface area (Å²) in [5.41, 5.74) is 0.450. The Balaban J connectivity index is 0.000000561. The Bertz CT molecular complexity index is 150. The zero-order valence-corrected chi connectivity index (χ0v) is 9.22. The molecular formula is C10H23N2+. The minimum Gasteiger partial charge on any atom is -0.240 e. The highest BCUT2D eigenvalue weighted by atomic mass is 15.4. The molecule has 0 aliphatic carbocycles. The SMILES string of the molecule is C=[N+](CC)CN1CC1(C)C.CC. The van der Waals surface area contributed by atoms with Crippen molar-refractivity contribution < 1.29 is 4.58 Å². The van der Waals surface area contributed by atoms with Crippen LogP contribution in [0.4, 0.5) is 0 Å². The van der Waals surface area contributed by atoms with Gasteiger partial charge in [0.15, 0.2) is 6.67 Å². The molecule has 0 saturated carbocycles. The molecule has 0 bridgehead atoms. The number of rotatable bonds is 3. The van der Waals surface area contributed by atoms with Crippen LogP contribution in [0.25, 0.3) is 0 Å². The molecule has 0 aromatic carbocycles. The first-order chi connectivity index (χ1) is 5.56. The van der Waals surface area contributed by atoms with Crippen LogP contribution in [0.1, 0.15) is 34.6 Å². The van der Waals surface area contributed by atoms with E-state index in [-0.39, 0.29) is 0 Å². The van der Waals surface area contributed by atoms with Crippen LogP contribution >= 0.6 is 0 Å². The lowest BCUT2D eigenvalue weighted by Crippen LogP contribution is -2.21. The van der Waals surface area contributed by atoms with Gasteiger partial charge in [-0.05, 0) is 20.8 Å². The Morgan fingerprint density at radius 3 is 2.08 bits per heavy atom. The number of nitrogens with zero attached hydrogens (tertiary/aromatic N) is 2. The third kappa shape index (κ3) is 3.35. The predicted octanol–water partition coefficient (Wildman–Crippen LogP) is 1.80. The van der Waals surface area contributed by atoms with Crippen LogP contribution < -0.4 is 0 Å². The van der Waals surface area contributed by atoms with Crippen molar-refractivity contribution in [3.05, 3.63) is 0 Å². The summed E-state index contributed by atoms with van der Waals surface area (Å²) in [5.74, 6) is 0. The first-order valence-corrected chi connectivity index (χ1v) is 4.87. The number of hydrogen-bond acceptors (Lipinski definition) is 1. The van der Waals surface area contributed by atoms with Crippen molar-refractivity contribution >= 4 is 6.72 Å².